The number of benzene rings is 1. The number of amides is 1. The van der Waals surface area contributed by atoms with Gasteiger partial charge in [-0.3, -0.25) is 9.89 Å². The van der Waals surface area contributed by atoms with Crippen molar-refractivity contribution in [2.24, 2.45) is 0 Å². The molecule has 1 aromatic heterocycles. The summed E-state index contributed by atoms with van der Waals surface area (Å²) in [7, 11) is 0. The lowest BCUT2D eigenvalue weighted by atomic mass is 10.2. The van der Waals surface area contributed by atoms with Crippen molar-refractivity contribution in [3.63, 3.8) is 0 Å². The molecular weight excluding hydrogens is 269 g/mol. The Bertz CT molecular complexity index is 576. The summed E-state index contributed by atoms with van der Waals surface area (Å²) in [5.41, 5.74) is 0.978. The van der Waals surface area contributed by atoms with E-state index in [0.29, 0.717) is 6.54 Å². The minimum absolute atomic E-state index is 0.195. The van der Waals surface area contributed by atoms with Crippen LogP contribution in [0.5, 0.6) is 0 Å². The van der Waals surface area contributed by atoms with E-state index in [4.69, 9.17) is 11.6 Å². The molecule has 1 aromatic carbocycles. The molecule has 2 rings (SSSR count). The van der Waals surface area contributed by atoms with Crippen molar-refractivity contribution in [2.75, 3.05) is 0 Å². The zero-order valence-corrected chi connectivity index (χ0v) is 10.6. The average Bonchev–Trinajstić information content (AvgIpc) is 2.89. The number of rotatable bonds is 4. The monoisotopic (exact) mass is 279 g/mol. The third kappa shape index (κ3) is 3.66. The van der Waals surface area contributed by atoms with E-state index < -0.39 is 5.82 Å². The van der Waals surface area contributed by atoms with E-state index in [1.165, 1.54) is 24.3 Å². The molecule has 0 aliphatic carbocycles. The largest absolute Gasteiger partial charge is 0.347 e. The summed E-state index contributed by atoms with van der Waals surface area (Å²) >= 11 is 5.84. The minimum Gasteiger partial charge on any atom is -0.347 e. The van der Waals surface area contributed by atoms with E-state index >= 15 is 0 Å². The minimum atomic E-state index is -0.467. The second kappa shape index (κ2) is 6.15. The maximum Gasteiger partial charge on any atom is 0.244 e. The van der Waals surface area contributed by atoms with Crippen LogP contribution in [0, 0.1) is 5.82 Å². The number of nitrogens with one attached hydrogen (secondary N) is 2. The Hall–Kier alpha value is -2.14. The summed E-state index contributed by atoms with van der Waals surface area (Å²) in [6.45, 7) is 0.328. The number of aromatic nitrogens is 2. The number of nitrogens with zero attached hydrogens (tertiary/aromatic N) is 1. The van der Waals surface area contributed by atoms with Crippen LogP contribution in [0.4, 0.5) is 4.39 Å². The second-order valence-electron chi connectivity index (χ2n) is 3.77. The highest BCUT2D eigenvalue weighted by molar-refractivity contribution is 6.32. The number of carbonyl (C=O) groups is 1. The van der Waals surface area contributed by atoms with Gasteiger partial charge in [-0.25, -0.2) is 4.39 Å². The van der Waals surface area contributed by atoms with Crippen LogP contribution in [0.1, 0.15) is 11.3 Å². The fraction of sp³-hybridized carbons (Fsp3) is 0.0769. The molecule has 0 bridgehead atoms. The predicted molar refractivity (Wildman–Crippen MR) is 70.9 cm³/mol. The average molecular weight is 280 g/mol. The third-order valence-electron chi connectivity index (χ3n) is 2.41. The topological polar surface area (TPSA) is 57.8 Å². The van der Waals surface area contributed by atoms with Gasteiger partial charge >= 0.3 is 0 Å². The molecule has 1 heterocycles. The van der Waals surface area contributed by atoms with Crippen LogP contribution in [0.15, 0.2) is 36.5 Å². The Balaban J connectivity index is 1.96. The number of aromatic amines is 1. The molecular formula is C13H11ClFN3O. The highest BCUT2D eigenvalue weighted by atomic mass is 35.5. The summed E-state index contributed by atoms with van der Waals surface area (Å²) < 4.78 is 13.4. The van der Waals surface area contributed by atoms with Crippen molar-refractivity contribution in [1.82, 2.24) is 15.5 Å². The summed E-state index contributed by atoms with van der Waals surface area (Å²) in [6, 6.07) is 6.10. The molecule has 4 nitrogen and oxygen atoms in total. The van der Waals surface area contributed by atoms with Crippen molar-refractivity contribution in [2.45, 2.75) is 6.54 Å². The Morgan fingerprint density at radius 2 is 2.32 bits per heavy atom. The molecule has 0 spiro atoms. The standard InChI is InChI=1S/C13H11ClFN3O/c14-11-2-1-3-12(15)10(11)4-5-13(19)16-8-9-6-7-17-18-9/h1-7H,8H2,(H,16,19)(H,17,18)/b5-4+. The van der Waals surface area contributed by atoms with Gasteiger partial charge in [-0.15, -0.1) is 0 Å². The van der Waals surface area contributed by atoms with E-state index in [1.54, 1.807) is 18.3 Å². The smallest absolute Gasteiger partial charge is 0.244 e. The van der Waals surface area contributed by atoms with Crippen LogP contribution in [0.2, 0.25) is 5.02 Å². The summed E-state index contributed by atoms with van der Waals surface area (Å²) in [5.74, 6) is -0.806. The van der Waals surface area contributed by atoms with Gasteiger partial charge in [0, 0.05) is 17.8 Å². The van der Waals surface area contributed by atoms with E-state index in [1.807, 2.05) is 0 Å². The molecule has 98 valence electrons. The molecule has 19 heavy (non-hydrogen) atoms. The quantitative estimate of drug-likeness (QED) is 0.845. The van der Waals surface area contributed by atoms with Crippen LogP contribution >= 0.6 is 11.6 Å². The zero-order chi connectivity index (χ0) is 13.7. The highest BCUT2D eigenvalue weighted by Crippen LogP contribution is 2.20. The normalized spacial score (nSPS) is 10.8. The van der Waals surface area contributed by atoms with Gasteiger partial charge in [-0.2, -0.15) is 5.10 Å². The van der Waals surface area contributed by atoms with Crippen molar-refractivity contribution in [1.29, 1.82) is 0 Å². The van der Waals surface area contributed by atoms with Crippen LogP contribution < -0.4 is 5.32 Å². The molecule has 0 atom stereocenters. The van der Waals surface area contributed by atoms with Crippen molar-refractivity contribution < 1.29 is 9.18 Å². The third-order valence-corrected chi connectivity index (χ3v) is 2.74. The van der Waals surface area contributed by atoms with Gasteiger partial charge in [0.1, 0.15) is 5.82 Å². The number of hydrogen-bond acceptors (Lipinski definition) is 2. The summed E-state index contributed by atoms with van der Waals surface area (Å²) in [6.07, 6.45) is 4.18. The Morgan fingerprint density at radius 1 is 1.47 bits per heavy atom. The van der Waals surface area contributed by atoms with Gasteiger partial charge in [0.15, 0.2) is 0 Å². The molecule has 0 fully saturated rings. The number of halogens is 2. The lowest BCUT2D eigenvalue weighted by molar-refractivity contribution is -0.116. The first-order valence-electron chi connectivity index (χ1n) is 5.55. The van der Waals surface area contributed by atoms with Crippen LogP contribution in [-0.4, -0.2) is 16.1 Å². The summed E-state index contributed by atoms with van der Waals surface area (Å²) in [4.78, 5) is 11.5. The highest BCUT2D eigenvalue weighted by Gasteiger charge is 2.04. The maximum atomic E-state index is 13.4. The van der Waals surface area contributed by atoms with Gasteiger partial charge in [-0.05, 0) is 24.3 Å². The first-order valence-corrected chi connectivity index (χ1v) is 5.93. The van der Waals surface area contributed by atoms with Crippen LogP contribution in [0.25, 0.3) is 6.08 Å². The fourth-order valence-corrected chi connectivity index (χ4v) is 1.68. The fourth-order valence-electron chi connectivity index (χ4n) is 1.45. The lowest BCUT2D eigenvalue weighted by Crippen LogP contribution is -2.20. The molecule has 0 aliphatic rings. The van der Waals surface area contributed by atoms with Crippen molar-refractivity contribution in [3.8, 4) is 0 Å². The van der Waals surface area contributed by atoms with Gasteiger partial charge in [-0.1, -0.05) is 17.7 Å². The molecule has 0 saturated carbocycles. The summed E-state index contributed by atoms with van der Waals surface area (Å²) in [5, 5.41) is 9.36. The maximum absolute atomic E-state index is 13.4. The van der Waals surface area contributed by atoms with Crippen molar-refractivity contribution >= 4 is 23.6 Å². The van der Waals surface area contributed by atoms with Gasteiger partial charge in [0.2, 0.25) is 5.91 Å². The molecule has 1 amide bonds. The van der Waals surface area contributed by atoms with E-state index in [0.717, 1.165) is 5.69 Å². The van der Waals surface area contributed by atoms with Crippen LogP contribution in [-0.2, 0) is 11.3 Å². The second-order valence-corrected chi connectivity index (χ2v) is 4.18. The predicted octanol–water partition coefficient (Wildman–Crippen LogP) is 2.53. The van der Waals surface area contributed by atoms with E-state index in [2.05, 4.69) is 15.5 Å². The first kappa shape index (κ1) is 13.3. The molecule has 0 aliphatic heterocycles. The SMILES string of the molecule is O=C(/C=C/c1c(F)cccc1Cl)NCc1ccn[nH]1. The van der Waals surface area contributed by atoms with Gasteiger partial charge < -0.3 is 5.32 Å². The van der Waals surface area contributed by atoms with Crippen molar-refractivity contribution in [3.05, 3.63) is 58.6 Å². The number of H-pyrrole nitrogens is 1. The molecule has 2 aromatic rings. The molecule has 0 unspecified atom stereocenters. The molecule has 0 radical (unpaired) electrons. The van der Waals surface area contributed by atoms with E-state index in [-0.39, 0.29) is 16.5 Å². The molecule has 2 N–H and O–H groups in total. The number of carbonyl (C=O) groups excluding carboxylic acids is 1. The lowest BCUT2D eigenvalue weighted by Gasteiger charge is -2.01. The first-order chi connectivity index (χ1) is 9.16. The Labute approximate surface area is 114 Å². The van der Waals surface area contributed by atoms with Gasteiger partial charge in [0.05, 0.1) is 17.3 Å². The molecule has 0 saturated heterocycles. The van der Waals surface area contributed by atoms with E-state index in [9.17, 15) is 9.18 Å². The zero-order valence-electron chi connectivity index (χ0n) is 9.86. The van der Waals surface area contributed by atoms with Crippen LogP contribution in [0.3, 0.4) is 0 Å². The Morgan fingerprint density at radius 3 is 3.00 bits per heavy atom. The molecule has 6 heteroatoms. The van der Waals surface area contributed by atoms with Gasteiger partial charge in [0.25, 0.3) is 0 Å². The Kier molecular flexibility index (Phi) is 4.30. The number of hydrogen-bond donors (Lipinski definition) is 2.